The monoisotopic (exact) mass is 416 g/mol. The number of nitrogens with one attached hydrogen (secondary N) is 4. The molecule has 0 atom stereocenters. The van der Waals surface area contributed by atoms with Gasteiger partial charge in [-0.15, -0.1) is 0 Å². The van der Waals surface area contributed by atoms with Crippen LogP contribution in [0.1, 0.15) is 45.1 Å². The lowest BCUT2D eigenvalue weighted by molar-refractivity contribution is -0.116. The molecule has 1 amide bonds. The molecule has 1 aromatic rings. The largest absolute Gasteiger partial charge is 0.493 e. The number of carbonyl (C=O) groups excluding carboxylic acids is 1. The molecule has 0 aliphatic heterocycles. The van der Waals surface area contributed by atoms with Crippen LogP contribution in [0.25, 0.3) is 6.08 Å². The Labute approximate surface area is 180 Å². The Morgan fingerprint density at radius 3 is 2.27 bits per heavy atom. The van der Waals surface area contributed by atoms with Crippen LogP contribution in [0.3, 0.4) is 0 Å². The average Bonchev–Trinajstić information content (AvgIpc) is 2.73. The van der Waals surface area contributed by atoms with Gasteiger partial charge in [0.2, 0.25) is 5.91 Å². The summed E-state index contributed by atoms with van der Waals surface area (Å²) in [6.07, 6.45) is 9.37. The fourth-order valence-electron chi connectivity index (χ4n) is 2.64. The first-order chi connectivity index (χ1) is 14.5. The van der Waals surface area contributed by atoms with Gasteiger partial charge in [0.15, 0.2) is 17.5 Å². The van der Waals surface area contributed by atoms with Crippen LogP contribution in [0.5, 0.6) is 11.5 Å². The lowest BCUT2D eigenvalue weighted by Gasteiger charge is -2.09. The highest BCUT2D eigenvalue weighted by molar-refractivity contribution is 5.91. The van der Waals surface area contributed by atoms with Crippen LogP contribution >= 0.6 is 0 Å². The van der Waals surface area contributed by atoms with Crippen molar-refractivity contribution >= 4 is 17.9 Å². The van der Waals surface area contributed by atoms with Crippen LogP contribution in [0.15, 0.2) is 35.9 Å². The second kappa shape index (κ2) is 15.0. The fourth-order valence-corrected chi connectivity index (χ4v) is 2.64. The Bertz CT molecular complexity index is 725. The predicted octanol–water partition coefficient (Wildman–Crippen LogP) is 3.47. The van der Waals surface area contributed by atoms with Crippen molar-refractivity contribution in [3.8, 4) is 11.5 Å². The van der Waals surface area contributed by atoms with Gasteiger partial charge in [-0.1, -0.05) is 30.6 Å². The molecule has 0 spiro atoms. The molecule has 0 aliphatic carbocycles. The Morgan fingerprint density at radius 2 is 1.63 bits per heavy atom. The number of hydrogen-bond donors (Lipinski definition) is 4. The number of carbonyl (C=O) groups is 1. The highest BCUT2D eigenvalue weighted by Gasteiger charge is 2.03. The summed E-state index contributed by atoms with van der Waals surface area (Å²) in [5, 5.41) is 16.7. The summed E-state index contributed by atoms with van der Waals surface area (Å²) in [4.78, 5) is 11.9. The molecule has 0 aliphatic rings. The molecular weight excluding hydrogens is 380 g/mol. The molecule has 7 nitrogen and oxygen atoms in total. The Morgan fingerprint density at radius 1 is 0.967 bits per heavy atom. The average molecular weight is 417 g/mol. The third kappa shape index (κ3) is 11.1. The Kier molecular flexibility index (Phi) is 12.5. The minimum atomic E-state index is -0.109. The van der Waals surface area contributed by atoms with E-state index in [4.69, 9.17) is 14.9 Å². The van der Waals surface area contributed by atoms with Gasteiger partial charge in [0.1, 0.15) is 0 Å². The molecular formula is C23H36N4O3. The van der Waals surface area contributed by atoms with Gasteiger partial charge in [-0.3, -0.25) is 10.2 Å². The van der Waals surface area contributed by atoms with Crippen LogP contribution in [0.4, 0.5) is 0 Å². The third-order valence-corrected chi connectivity index (χ3v) is 4.33. The molecule has 0 heterocycles. The molecule has 0 unspecified atom stereocenters. The van der Waals surface area contributed by atoms with E-state index in [9.17, 15) is 4.79 Å². The van der Waals surface area contributed by atoms with E-state index >= 15 is 0 Å². The lowest BCUT2D eigenvalue weighted by atomic mass is 10.2. The van der Waals surface area contributed by atoms with Crippen molar-refractivity contribution < 1.29 is 14.3 Å². The molecule has 7 heteroatoms. The number of guanidine groups is 1. The lowest BCUT2D eigenvalue weighted by Crippen LogP contribution is -2.36. The second-order valence-corrected chi connectivity index (χ2v) is 7.12. The number of rotatable bonds is 13. The van der Waals surface area contributed by atoms with E-state index in [0.717, 1.165) is 37.8 Å². The first kappa shape index (κ1) is 25.1. The number of hydrogen-bond acceptors (Lipinski definition) is 4. The van der Waals surface area contributed by atoms with Crippen molar-refractivity contribution in [1.82, 2.24) is 16.0 Å². The van der Waals surface area contributed by atoms with Crippen molar-refractivity contribution in [1.29, 1.82) is 5.41 Å². The van der Waals surface area contributed by atoms with Crippen molar-refractivity contribution in [2.45, 2.75) is 39.5 Å². The molecule has 0 saturated heterocycles. The summed E-state index contributed by atoms with van der Waals surface area (Å²) >= 11 is 0. The van der Waals surface area contributed by atoms with E-state index < -0.39 is 0 Å². The molecule has 30 heavy (non-hydrogen) atoms. The first-order valence-corrected chi connectivity index (χ1v) is 10.3. The summed E-state index contributed by atoms with van der Waals surface area (Å²) < 4.78 is 10.5. The van der Waals surface area contributed by atoms with Gasteiger partial charge in [-0.05, 0) is 50.5 Å². The molecule has 1 aromatic carbocycles. The SMILES string of the molecule is COc1ccc(C=CC(=O)NCCCCCCNC(=N)NCC=C(C)C)cc1OC. The van der Waals surface area contributed by atoms with Gasteiger partial charge in [0, 0.05) is 25.7 Å². The first-order valence-electron chi connectivity index (χ1n) is 10.3. The second-order valence-electron chi connectivity index (χ2n) is 7.12. The Hall–Kier alpha value is -2.96. The number of allylic oxidation sites excluding steroid dienone is 1. The van der Waals surface area contributed by atoms with Crippen LogP contribution in [-0.2, 0) is 4.79 Å². The molecule has 1 rings (SSSR count). The number of amides is 1. The van der Waals surface area contributed by atoms with Gasteiger partial charge < -0.3 is 25.4 Å². The van der Waals surface area contributed by atoms with E-state index in [2.05, 4.69) is 16.0 Å². The van der Waals surface area contributed by atoms with Crippen molar-refractivity contribution in [2.24, 2.45) is 0 Å². The molecule has 0 radical (unpaired) electrons. The van der Waals surface area contributed by atoms with Crippen molar-refractivity contribution in [3.05, 3.63) is 41.5 Å². The van der Waals surface area contributed by atoms with Crippen molar-refractivity contribution in [2.75, 3.05) is 33.9 Å². The van der Waals surface area contributed by atoms with Crippen LogP contribution in [0, 0.1) is 5.41 Å². The number of unbranched alkanes of at least 4 members (excludes halogenated alkanes) is 3. The zero-order chi connectivity index (χ0) is 22.2. The predicted molar refractivity (Wildman–Crippen MR) is 123 cm³/mol. The molecule has 4 N–H and O–H groups in total. The summed E-state index contributed by atoms with van der Waals surface area (Å²) in [6.45, 7) is 6.18. The zero-order valence-electron chi connectivity index (χ0n) is 18.6. The molecule has 166 valence electrons. The minimum Gasteiger partial charge on any atom is -0.493 e. The standard InChI is InChI=1S/C23H36N4O3/c1-18(2)13-16-27-23(24)26-15-8-6-5-7-14-25-22(28)12-10-19-9-11-20(29-3)21(17-19)30-4/h9-13,17H,5-8,14-16H2,1-4H3,(H,25,28)(H3,24,26,27). The van der Waals surface area contributed by atoms with E-state index in [0.29, 0.717) is 30.5 Å². The summed E-state index contributed by atoms with van der Waals surface area (Å²) in [5.74, 6) is 1.54. The maximum Gasteiger partial charge on any atom is 0.243 e. The van der Waals surface area contributed by atoms with Crippen LogP contribution in [-0.4, -0.2) is 45.7 Å². The maximum atomic E-state index is 11.9. The highest BCUT2D eigenvalue weighted by atomic mass is 16.5. The maximum absolute atomic E-state index is 11.9. The van der Waals surface area contributed by atoms with Gasteiger partial charge in [-0.25, -0.2) is 0 Å². The van der Waals surface area contributed by atoms with E-state index in [1.54, 1.807) is 20.3 Å². The van der Waals surface area contributed by atoms with E-state index in [1.165, 1.54) is 11.6 Å². The number of methoxy groups -OCH3 is 2. The summed E-state index contributed by atoms with van der Waals surface area (Å²) in [5.41, 5.74) is 2.11. The van der Waals surface area contributed by atoms with Gasteiger partial charge in [-0.2, -0.15) is 0 Å². The molecule has 0 bridgehead atoms. The normalized spacial score (nSPS) is 10.4. The minimum absolute atomic E-state index is 0.109. The quantitative estimate of drug-likeness (QED) is 0.130. The number of ether oxygens (including phenoxy) is 2. The van der Waals surface area contributed by atoms with Gasteiger partial charge >= 0.3 is 0 Å². The summed E-state index contributed by atoms with van der Waals surface area (Å²) in [7, 11) is 3.17. The Balaban J connectivity index is 2.11. The van der Waals surface area contributed by atoms with Crippen molar-refractivity contribution in [3.63, 3.8) is 0 Å². The topological polar surface area (TPSA) is 95.5 Å². The van der Waals surface area contributed by atoms with Crippen LogP contribution < -0.4 is 25.4 Å². The third-order valence-electron chi connectivity index (χ3n) is 4.33. The van der Waals surface area contributed by atoms with E-state index in [1.807, 2.05) is 38.1 Å². The van der Waals surface area contributed by atoms with E-state index in [-0.39, 0.29) is 5.91 Å². The molecule has 0 aromatic heterocycles. The fraction of sp³-hybridized carbons (Fsp3) is 0.478. The molecule has 0 fully saturated rings. The van der Waals surface area contributed by atoms with Gasteiger partial charge in [0.05, 0.1) is 14.2 Å². The zero-order valence-corrected chi connectivity index (χ0v) is 18.6. The van der Waals surface area contributed by atoms with Gasteiger partial charge in [0.25, 0.3) is 0 Å². The van der Waals surface area contributed by atoms with Crippen LogP contribution in [0.2, 0.25) is 0 Å². The summed E-state index contributed by atoms with van der Waals surface area (Å²) in [6, 6.07) is 5.51. The smallest absolute Gasteiger partial charge is 0.243 e. The highest BCUT2D eigenvalue weighted by Crippen LogP contribution is 2.27. The molecule has 0 saturated carbocycles. The number of benzene rings is 1.